The highest BCUT2D eigenvalue weighted by Crippen LogP contribution is 2.27. The van der Waals surface area contributed by atoms with Crippen LogP contribution >= 0.6 is 22.7 Å². The van der Waals surface area contributed by atoms with Gasteiger partial charge in [0.1, 0.15) is 11.4 Å². The molecular weight excluding hydrogens is 376 g/mol. The molecule has 0 N–H and O–H groups in total. The van der Waals surface area contributed by atoms with Gasteiger partial charge in [0.25, 0.3) is 5.91 Å². The molecule has 0 saturated carbocycles. The minimum absolute atomic E-state index is 0.0871. The summed E-state index contributed by atoms with van der Waals surface area (Å²) < 4.78 is 1.94. The van der Waals surface area contributed by atoms with Crippen molar-refractivity contribution in [2.45, 2.75) is 0 Å². The number of thiophene rings is 1. The molecular formula is C20H18N4OS2. The molecule has 1 aromatic carbocycles. The van der Waals surface area contributed by atoms with E-state index in [4.69, 9.17) is 0 Å². The standard InChI is InChI=1S/C20H18N4OS2/c25-19(23-10-8-22(9-11-23)15-5-2-1-3-6-15)17-14-27-20-21-16(13-24(17)20)18-7-4-12-26-18/h1-7,12-14H,8-11H2. The Morgan fingerprint density at radius 3 is 2.52 bits per heavy atom. The molecule has 0 radical (unpaired) electrons. The summed E-state index contributed by atoms with van der Waals surface area (Å²) in [5.41, 5.74) is 2.86. The fraction of sp³-hybridized carbons (Fsp3) is 0.200. The first kappa shape index (κ1) is 16.5. The third-order valence-electron chi connectivity index (χ3n) is 4.89. The van der Waals surface area contributed by atoms with E-state index >= 15 is 0 Å². The number of amides is 1. The number of piperazine rings is 1. The molecule has 7 heteroatoms. The number of rotatable bonds is 3. The van der Waals surface area contributed by atoms with E-state index < -0.39 is 0 Å². The van der Waals surface area contributed by atoms with Crippen molar-refractivity contribution < 1.29 is 4.79 Å². The van der Waals surface area contributed by atoms with Gasteiger partial charge in [-0.05, 0) is 23.6 Å². The molecule has 4 aromatic rings. The van der Waals surface area contributed by atoms with Gasteiger partial charge >= 0.3 is 0 Å². The third kappa shape index (κ3) is 3.02. The first-order valence-corrected chi connectivity index (χ1v) is 10.7. The molecule has 1 amide bonds. The number of fused-ring (bicyclic) bond motifs is 1. The first-order chi connectivity index (χ1) is 13.3. The number of hydrogen-bond donors (Lipinski definition) is 0. The average molecular weight is 395 g/mol. The number of anilines is 1. The maximum atomic E-state index is 13.1. The number of thiazole rings is 1. The number of aromatic nitrogens is 2. The van der Waals surface area contributed by atoms with E-state index in [0.29, 0.717) is 5.69 Å². The fourth-order valence-corrected chi connectivity index (χ4v) is 4.98. The molecule has 0 atom stereocenters. The van der Waals surface area contributed by atoms with Crippen molar-refractivity contribution in [2.75, 3.05) is 31.1 Å². The molecule has 1 aliphatic heterocycles. The Labute approximate surface area is 165 Å². The zero-order valence-corrected chi connectivity index (χ0v) is 16.2. The Morgan fingerprint density at radius 1 is 0.963 bits per heavy atom. The zero-order chi connectivity index (χ0) is 18.2. The maximum Gasteiger partial charge on any atom is 0.271 e. The molecule has 3 aromatic heterocycles. The second-order valence-electron chi connectivity index (χ2n) is 6.49. The second-order valence-corrected chi connectivity index (χ2v) is 8.28. The monoisotopic (exact) mass is 394 g/mol. The van der Waals surface area contributed by atoms with Crippen LogP contribution in [0, 0.1) is 0 Å². The highest BCUT2D eigenvalue weighted by atomic mass is 32.1. The van der Waals surface area contributed by atoms with Crippen molar-refractivity contribution in [3.63, 3.8) is 0 Å². The molecule has 1 aliphatic rings. The van der Waals surface area contributed by atoms with Gasteiger partial charge in [0, 0.05) is 43.4 Å². The van der Waals surface area contributed by atoms with Crippen molar-refractivity contribution >= 4 is 39.2 Å². The predicted octanol–water partition coefficient (Wildman–Crippen LogP) is 4.09. The van der Waals surface area contributed by atoms with Crippen LogP contribution in [0.4, 0.5) is 5.69 Å². The number of hydrogen-bond acceptors (Lipinski definition) is 5. The Hall–Kier alpha value is -2.64. The van der Waals surface area contributed by atoms with Crippen LogP contribution in [0.3, 0.4) is 0 Å². The van der Waals surface area contributed by atoms with Crippen molar-refractivity contribution in [2.24, 2.45) is 0 Å². The summed E-state index contributed by atoms with van der Waals surface area (Å²) in [6.07, 6.45) is 1.98. The van der Waals surface area contributed by atoms with Crippen molar-refractivity contribution in [3.8, 4) is 10.6 Å². The average Bonchev–Trinajstić information content (AvgIpc) is 3.45. The number of carbonyl (C=O) groups excluding carboxylic acids is 1. The van der Waals surface area contributed by atoms with Crippen LogP contribution in [0.1, 0.15) is 10.5 Å². The summed E-state index contributed by atoms with van der Waals surface area (Å²) in [7, 11) is 0. The molecule has 1 fully saturated rings. The minimum atomic E-state index is 0.0871. The lowest BCUT2D eigenvalue weighted by molar-refractivity contribution is 0.0740. The molecule has 0 spiro atoms. The topological polar surface area (TPSA) is 40.9 Å². The van der Waals surface area contributed by atoms with Gasteiger partial charge in [-0.1, -0.05) is 24.3 Å². The number of benzene rings is 1. The molecule has 5 rings (SSSR count). The quantitative estimate of drug-likeness (QED) is 0.526. The van der Waals surface area contributed by atoms with Crippen molar-refractivity contribution in [3.05, 3.63) is 65.1 Å². The smallest absolute Gasteiger partial charge is 0.271 e. The number of nitrogens with zero attached hydrogens (tertiary/aromatic N) is 4. The Kier molecular flexibility index (Phi) is 4.18. The largest absolute Gasteiger partial charge is 0.368 e. The van der Waals surface area contributed by atoms with E-state index in [1.54, 1.807) is 11.3 Å². The van der Waals surface area contributed by atoms with Gasteiger partial charge in [0.05, 0.1) is 4.88 Å². The highest BCUT2D eigenvalue weighted by molar-refractivity contribution is 7.15. The Balaban J connectivity index is 1.34. The van der Waals surface area contributed by atoms with E-state index in [9.17, 15) is 4.79 Å². The van der Waals surface area contributed by atoms with Gasteiger partial charge in [-0.3, -0.25) is 9.20 Å². The summed E-state index contributed by atoms with van der Waals surface area (Å²) in [5.74, 6) is 0.0871. The number of para-hydroxylation sites is 1. The molecule has 5 nitrogen and oxygen atoms in total. The lowest BCUT2D eigenvalue weighted by atomic mass is 10.2. The van der Waals surface area contributed by atoms with Gasteiger partial charge in [-0.25, -0.2) is 4.98 Å². The van der Waals surface area contributed by atoms with E-state index in [0.717, 1.165) is 41.7 Å². The van der Waals surface area contributed by atoms with Gasteiger partial charge < -0.3 is 9.80 Å². The van der Waals surface area contributed by atoms with Crippen LogP contribution in [-0.2, 0) is 0 Å². The van der Waals surface area contributed by atoms with Crippen molar-refractivity contribution in [1.82, 2.24) is 14.3 Å². The van der Waals surface area contributed by atoms with E-state index in [-0.39, 0.29) is 5.91 Å². The van der Waals surface area contributed by atoms with Gasteiger partial charge in [-0.15, -0.1) is 22.7 Å². The van der Waals surface area contributed by atoms with Crippen LogP contribution in [-0.4, -0.2) is 46.4 Å². The molecule has 0 bridgehead atoms. The lowest BCUT2D eigenvalue weighted by Gasteiger charge is -2.36. The summed E-state index contributed by atoms with van der Waals surface area (Å²) in [5, 5.41) is 3.97. The SMILES string of the molecule is O=C(c1csc2nc(-c3cccs3)cn12)N1CCN(c2ccccc2)CC1. The van der Waals surface area contributed by atoms with Crippen LogP contribution in [0.5, 0.6) is 0 Å². The van der Waals surface area contributed by atoms with Crippen LogP contribution in [0.25, 0.3) is 15.5 Å². The van der Waals surface area contributed by atoms with E-state index in [1.165, 1.54) is 17.0 Å². The Morgan fingerprint density at radius 2 is 1.78 bits per heavy atom. The maximum absolute atomic E-state index is 13.1. The van der Waals surface area contributed by atoms with Crippen LogP contribution in [0.2, 0.25) is 0 Å². The first-order valence-electron chi connectivity index (χ1n) is 8.89. The van der Waals surface area contributed by atoms with Crippen LogP contribution in [0.15, 0.2) is 59.4 Å². The minimum Gasteiger partial charge on any atom is -0.368 e. The highest BCUT2D eigenvalue weighted by Gasteiger charge is 2.25. The summed E-state index contributed by atoms with van der Waals surface area (Å²) in [6, 6.07) is 14.5. The Bertz CT molecular complexity index is 1060. The number of imidazole rings is 1. The normalized spacial score (nSPS) is 14.8. The van der Waals surface area contributed by atoms with E-state index in [1.807, 2.05) is 38.4 Å². The number of carbonyl (C=O) groups is 1. The van der Waals surface area contributed by atoms with Crippen LogP contribution < -0.4 is 4.90 Å². The summed E-state index contributed by atoms with van der Waals surface area (Å²) in [6.45, 7) is 3.18. The van der Waals surface area contributed by atoms with Gasteiger partial charge in [-0.2, -0.15) is 0 Å². The molecule has 0 aliphatic carbocycles. The molecule has 136 valence electrons. The predicted molar refractivity (Wildman–Crippen MR) is 111 cm³/mol. The molecule has 0 unspecified atom stereocenters. The molecule has 4 heterocycles. The summed E-state index contributed by atoms with van der Waals surface area (Å²) >= 11 is 3.18. The third-order valence-corrected chi connectivity index (χ3v) is 6.62. The fourth-order valence-electron chi connectivity index (χ4n) is 3.45. The molecule has 1 saturated heterocycles. The summed E-state index contributed by atoms with van der Waals surface area (Å²) in [4.78, 5) is 24.0. The van der Waals surface area contributed by atoms with Crippen molar-refractivity contribution in [1.29, 1.82) is 0 Å². The second kappa shape index (κ2) is 6.83. The molecule has 27 heavy (non-hydrogen) atoms. The van der Waals surface area contributed by atoms with Gasteiger partial charge in [0.15, 0.2) is 4.96 Å². The van der Waals surface area contributed by atoms with Gasteiger partial charge in [0.2, 0.25) is 0 Å². The lowest BCUT2D eigenvalue weighted by Crippen LogP contribution is -2.49. The van der Waals surface area contributed by atoms with E-state index in [2.05, 4.69) is 40.2 Å². The zero-order valence-electron chi connectivity index (χ0n) is 14.6.